The number of aromatic nitrogens is 1. The molecule has 5 nitrogen and oxygen atoms in total. The Morgan fingerprint density at radius 1 is 1.33 bits per heavy atom. The zero-order chi connectivity index (χ0) is 11.0. The molecule has 1 aromatic heterocycles. The van der Waals surface area contributed by atoms with Gasteiger partial charge in [-0.1, -0.05) is 0 Å². The zero-order valence-corrected chi connectivity index (χ0v) is 7.87. The molecular formula is C10H7NO4. The third kappa shape index (κ3) is 1.59. The molecule has 76 valence electrons. The number of Topliss-reactive ketones (excluding diaryl/α,β-unsaturated/α-hetero) is 1. The molecule has 5 heteroatoms. The summed E-state index contributed by atoms with van der Waals surface area (Å²) >= 11 is 0. The predicted molar refractivity (Wildman–Crippen MR) is 53.1 cm³/mol. The second kappa shape index (κ2) is 3.20. The molecule has 0 unspecified atom stereocenters. The Hall–Kier alpha value is -2.17. The number of fused-ring (bicyclic) bond motifs is 1. The lowest BCUT2D eigenvalue weighted by molar-refractivity contribution is 0.101. The van der Waals surface area contributed by atoms with Crippen molar-refractivity contribution in [3.63, 3.8) is 0 Å². The molecule has 2 aromatic rings. The third-order valence-corrected chi connectivity index (χ3v) is 2.05. The van der Waals surface area contributed by atoms with Crippen LogP contribution in [-0.4, -0.2) is 10.8 Å². The monoisotopic (exact) mass is 205 g/mol. The van der Waals surface area contributed by atoms with Gasteiger partial charge in [-0.3, -0.25) is 14.6 Å². The van der Waals surface area contributed by atoms with Crippen molar-refractivity contribution < 1.29 is 9.21 Å². The Morgan fingerprint density at radius 2 is 2.07 bits per heavy atom. The summed E-state index contributed by atoms with van der Waals surface area (Å²) in [5.41, 5.74) is 0.0277. The van der Waals surface area contributed by atoms with Crippen LogP contribution >= 0.6 is 0 Å². The maximum absolute atomic E-state index is 11.3. The van der Waals surface area contributed by atoms with E-state index in [1.807, 2.05) is 4.98 Å². The molecule has 0 saturated heterocycles. The number of carbonyl (C=O) groups excluding carboxylic acids is 1. The Morgan fingerprint density at radius 3 is 2.73 bits per heavy atom. The minimum atomic E-state index is -0.803. The van der Waals surface area contributed by atoms with E-state index >= 15 is 0 Å². The highest BCUT2D eigenvalue weighted by molar-refractivity contribution is 5.97. The van der Waals surface area contributed by atoms with Crippen LogP contribution in [0.3, 0.4) is 0 Å². The molecule has 0 spiro atoms. The number of carbonyl (C=O) groups is 1. The van der Waals surface area contributed by atoms with Crippen molar-refractivity contribution in [2.24, 2.45) is 0 Å². The maximum Gasteiger partial charge on any atom is 0.419 e. The molecule has 15 heavy (non-hydrogen) atoms. The molecule has 1 aromatic carbocycles. The van der Waals surface area contributed by atoms with Crippen LogP contribution in [-0.2, 0) is 0 Å². The highest BCUT2D eigenvalue weighted by atomic mass is 16.4. The van der Waals surface area contributed by atoms with Gasteiger partial charge in [-0.25, -0.2) is 4.79 Å². The first kappa shape index (κ1) is 9.39. The minimum absolute atomic E-state index is 0.150. The number of nitrogens with one attached hydrogen (secondary N) is 1. The summed E-state index contributed by atoms with van der Waals surface area (Å²) in [5, 5.41) is 0.197. The van der Waals surface area contributed by atoms with Gasteiger partial charge in [0.05, 0.1) is 5.39 Å². The van der Waals surface area contributed by atoms with E-state index in [1.54, 1.807) is 0 Å². The van der Waals surface area contributed by atoms with Crippen LogP contribution in [0.25, 0.3) is 11.0 Å². The molecule has 0 aliphatic carbocycles. The summed E-state index contributed by atoms with van der Waals surface area (Å²) in [4.78, 5) is 35.2. The van der Waals surface area contributed by atoms with Crippen molar-refractivity contribution in [3.8, 4) is 0 Å². The number of ketones is 1. The first-order valence-electron chi connectivity index (χ1n) is 4.26. The lowest BCUT2D eigenvalue weighted by Crippen LogP contribution is -2.18. The van der Waals surface area contributed by atoms with E-state index in [1.165, 1.54) is 25.1 Å². The van der Waals surface area contributed by atoms with Gasteiger partial charge in [-0.15, -0.1) is 0 Å². The number of rotatable bonds is 1. The minimum Gasteiger partial charge on any atom is -0.409 e. The third-order valence-electron chi connectivity index (χ3n) is 2.05. The summed E-state index contributed by atoms with van der Waals surface area (Å²) in [5.74, 6) is -0.953. The standard InChI is InChI=1S/C10H7NO4/c1-5(12)6-2-3-8-7(4-6)9(13)11-10(14)15-8/h2-4H,1H3,(H,11,13,14). The molecule has 0 aliphatic rings. The first-order valence-corrected chi connectivity index (χ1v) is 4.26. The summed E-state index contributed by atoms with van der Waals surface area (Å²) in [6.07, 6.45) is 0. The van der Waals surface area contributed by atoms with Gasteiger partial charge in [-0.2, -0.15) is 0 Å². The fraction of sp³-hybridized carbons (Fsp3) is 0.100. The normalized spacial score (nSPS) is 10.5. The highest BCUT2D eigenvalue weighted by Gasteiger charge is 2.06. The lowest BCUT2D eigenvalue weighted by atomic mass is 10.1. The van der Waals surface area contributed by atoms with Crippen LogP contribution in [0.4, 0.5) is 0 Å². The van der Waals surface area contributed by atoms with Crippen molar-refractivity contribution in [2.45, 2.75) is 6.92 Å². The SMILES string of the molecule is CC(=O)c1ccc2oc(=O)[nH]c(=O)c2c1. The van der Waals surface area contributed by atoms with E-state index in [9.17, 15) is 14.4 Å². The average Bonchev–Trinajstić information content (AvgIpc) is 2.16. The number of hydrogen-bond donors (Lipinski definition) is 1. The number of hydrogen-bond acceptors (Lipinski definition) is 4. The van der Waals surface area contributed by atoms with Gasteiger partial charge in [0.15, 0.2) is 5.78 Å². The van der Waals surface area contributed by atoms with Crippen LogP contribution < -0.4 is 11.3 Å². The molecule has 0 amide bonds. The van der Waals surface area contributed by atoms with Crippen molar-refractivity contribution in [1.29, 1.82) is 0 Å². The van der Waals surface area contributed by atoms with Gasteiger partial charge in [0, 0.05) is 5.56 Å². The van der Waals surface area contributed by atoms with Crippen molar-refractivity contribution in [2.75, 3.05) is 0 Å². The maximum atomic E-state index is 11.3. The molecule has 0 fully saturated rings. The highest BCUT2D eigenvalue weighted by Crippen LogP contribution is 2.10. The van der Waals surface area contributed by atoms with E-state index in [0.717, 1.165) is 0 Å². The fourth-order valence-corrected chi connectivity index (χ4v) is 1.30. The Balaban J connectivity index is 2.89. The Labute approximate surface area is 83.4 Å². The second-order valence-corrected chi connectivity index (χ2v) is 3.11. The smallest absolute Gasteiger partial charge is 0.409 e. The molecule has 0 saturated carbocycles. The van der Waals surface area contributed by atoms with E-state index in [-0.39, 0.29) is 16.8 Å². The average molecular weight is 205 g/mol. The Bertz CT molecular complexity index is 650. The number of aromatic amines is 1. The van der Waals surface area contributed by atoms with Gasteiger partial charge in [0.2, 0.25) is 0 Å². The fourth-order valence-electron chi connectivity index (χ4n) is 1.30. The van der Waals surface area contributed by atoms with Crippen molar-refractivity contribution in [3.05, 3.63) is 44.7 Å². The summed E-state index contributed by atoms with van der Waals surface area (Å²) in [7, 11) is 0. The molecule has 1 N–H and O–H groups in total. The second-order valence-electron chi connectivity index (χ2n) is 3.11. The quantitative estimate of drug-likeness (QED) is 0.694. The van der Waals surface area contributed by atoms with E-state index in [4.69, 9.17) is 4.42 Å². The number of H-pyrrole nitrogens is 1. The van der Waals surface area contributed by atoms with Gasteiger partial charge in [0.25, 0.3) is 5.56 Å². The van der Waals surface area contributed by atoms with Gasteiger partial charge >= 0.3 is 5.76 Å². The molecule has 0 radical (unpaired) electrons. The summed E-state index contributed by atoms with van der Waals surface area (Å²) < 4.78 is 4.75. The van der Waals surface area contributed by atoms with Crippen molar-refractivity contribution >= 4 is 16.8 Å². The molecular weight excluding hydrogens is 198 g/mol. The topological polar surface area (TPSA) is 80.1 Å². The number of benzene rings is 1. The summed E-state index contributed by atoms with van der Waals surface area (Å²) in [6, 6.07) is 4.34. The predicted octanol–water partition coefficient (Wildman–Crippen LogP) is 0.684. The Kier molecular flexibility index (Phi) is 2.00. The molecule has 0 bridgehead atoms. The zero-order valence-electron chi connectivity index (χ0n) is 7.87. The van der Waals surface area contributed by atoms with Crippen LogP contribution in [0.2, 0.25) is 0 Å². The van der Waals surface area contributed by atoms with Gasteiger partial charge in [-0.05, 0) is 25.1 Å². The first-order chi connectivity index (χ1) is 7.08. The molecule has 1 heterocycles. The van der Waals surface area contributed by atoms with Crippen LogP contribution in [0.15, 0.2) is 32.2 Å². The summed E-state index contributed by atoms with van der Waals surface area (Å²) in [6.45, 7) is 1.40. The largest absolute Gasteiger partial charge is 0.419 e. The molecule has 0 atom stereocenters. The van der Waals surface area contributed by atoms with E-state index in [0.29, 0.717) is 5.56 Å². The van der Waals surface area contributed by atoms with E-state index in [2.05, 4.69) is 0 Å². The van der Waals surface area contributed by atoms with E-state index < -0.39 is 11.3 Å². The van der Waals surface area contributed by atoms with Crippen LogP contribution in [0, 0.1) is 0 Å². The van der Waals surface area contributed by atoms with Gasteiger partial charge in [0.1, 0.15) is 5.58 Å². The molecule has 2 rings (SSSR count). The van der Waals surface area contributed by atoms with Gasteiger partial charge < -0.3 is 4.42 Å². The van der Waals surface area contributed by atoms with Crippen molar-refractivity contribution in [1.82, 2.24) is 4.98 Å². The molecule has 0 aliphatic heterocycles. The van der Waals surface area contributed by atoms with Crippen LogP contribution in [0.5, 0.6) is 0 Å². The van der Waals surface area contributed by atoms with Crippen LogP contribution in [0.1, 0.15) is 17.3 Å². The lowest BCUT2D eigenvalue weighted by Gasteiger charge is -1.97.